The molecule has 2 aromatic carbocycles. The molecular formula is C20H19NO6. The van der Waals surface area contributed by atoms with Crippen molar-refractivity contribution in [1.82, 2.24) is 4.90 Å². The van der Waals surface area contributed by atoms with Crippen molar-refractivity contribution >= 4 is 17.8 Å². The molecule has 140 valence electrons. The normalized spacial score (nSPS) is 18.6. The van der Waals surface area contributed by atoms with E-state index in [0.29, 0.717) is 16.9 Å². The molecular weight excluding hydrogens is 350 g/mol. The first-order valence-corrected chi connectivity index (χ1v) is 8.31. The molecule has 0 spiro atoms. The summed E-state index contributed by atoms with van der Waals surface area (Å²) in [5.41, 5.74) is 1.30. The molecule has 1 N–H and O–H groups in total. The topological polar surface area (TPSA) is 93.1 Å². The van der Waals surface area contributed by atoms with Crippen LogP contribution in [0, 0.1) is 0 Å². The zero-order valence-electron chi connectivity index (χ0n) is 14.9. The highest BCUT2D eigenvalue weighted by Gasteiger charge is 2.44. The summed E-state index contributed by atoms with van der Waals surface area (Å²) in [4.78, 5) is 38.4. The number of carboxylic acids is 1. The van der Waals surface area contributed by atoms with Crippen LogP contribution < -0.4 is 4.74 Å². The van der Waals surface area contributed by atoms with Crippen LogP contribution in [0.4, 0.5) is 0 Å². The zero-order valence-corrected chi connectivity index (χ0v) is 14.9. The largest absolute Gasteiger partial charge is 0.497 e. The summed E-state index contributed by atoms with van der Waals surface area (Å²) in [6.07, 6.45) is 0. The van der Waals surface area contributed by atoms with Crippen molar-refractivity contribution in [3.63, 3.8) is 0 Å². The molecule has 1 amide bonds. The number of benzene rings is 2. The first-order valence-electron chi connectivity index (χ1n) is 8.31. The van der Waals surface area contributed by atoms with Crippen LogP contribution in [0.25, 0.3) is 0 Å². The van der Waals surface area contributed by atoms with Gasteiger partial charge in [-0.15, -0.1) is 0 Å². The Morgan fingerprint density at radius 1 is 1.07 bits per heavy atom. The van der Waals surface area contributed by atoms with Crippen molar-refractivity contribution in [2.45, 2.75) is 12.0 Å². The highest BCUT2D eigenvalue weighted by atomic mass is 16.5. The van der Waals surface area contributed by atoms with E-state index in [9.17, 15) is 19.5 Å². The maximum atomic E-state index is 13.0. The number of carbonyl (C=O) groups excluding carboxylic acids is 2. The van der Waals surface area contributed by atoms with E-state index in [1.54, 1.807) is 48.5 Å². The van der Waals surface area contributed by atoms with E-state index in [2.05, 4.69) is 0 Å². The first-order chi connectivity index (χ1) is 13.0. The summed E-state index contributed by atoms with van der Waals surface area (Å²) < 4.78 is 9.85. The van der Waals surface area contributed by atoms with Gasteiger partial charge in [-0.25, -0.2) is 0 Å². The van der Waals surface area contributed by atoms with Gasteiger partial charge in [-0.2, -0.15) is 0 Å². The standard InChI is InChI=1S/C20H19NO6/c1-26-13-9-7-12(8-10-13)18-17(20(24)25)14-5-3-4-6-15(14)19(23)21(18)11-16(22)27-2/h3-10,17-18H,11H2,1-2H3,(H,24,25)/t17-,18-/m1/s1. The number of aliphatic carboxylic acids is 1. The Labute approximate surface area is 156 Å². The molecule has 27 heavy (non-hydrogen) atoms. The van der Waals surface area contributed by atoms with Crippen LogP contribution in [0.15, 0.2) is 48.5 Å². The van der Waals surface area contributed by atoms with Crippen molar-refractivity contribution in [3.8, 4) is 5.75 Å². The molecule has 0 fully saturated rings. The second-order valence-electron chi connectivity index (χ2n) is 6.13. The summed E-state index contributed by atoms with van der Waals surface area (Å²) >= 11 is 0. The lowest BCUT2D eigenvalue weighted by molar-refractivity contribution is -0.145. The fourth-order valence-electron chi connectivity index (χ4n) is 3.41. The monoisotopic (exact) mass is 369 g/mol. The Hall–Kier alpha value is -3.35. The first kappa shape index (κ1) is 18.4. The van der Waals surface area contributed by atoms with Gasteiger partial charge in [0.05, 0.1) is 20.3 Å². The molecule has 0 aromatic heterocycles. The Balaban J connectivity index is 2.17. The third kappa shape index (κ3) is 3.36. The number of carboxylic acid groups (broad SMARTS) is 1. The van der Waals surface area contributed by atoms with E-state index in [0.717, 1.165) is 0 Å². The molecule has 0 saturated heterocycles. The fourth-order valence-corrected chi connectivity index (χ4v) is 3.41. The Morgan fingerprint density at radius 2 is 1.74 bits per heavy atom. The van der Waals surface area contributed by atoms with Crippen LogP contribution in [0.5, 0.6) is 5.75 Å². The van der Waals surface area contributed by atoms with Crippen molar-refractivity contribution in [2.75, 3.05) is 20.8 Å². The predicted octanol–water partition coefficient (Wildman–Crippen LogP) is 2.23. The van der Waals surface area contributed by atoms with Crippen LogP contribution >= 0.6 is 0 Å². The maximum absolute atomic E-state index is 13.0. The lowest BCUT2D eigenvalue weighted by atomic mass is 9.79. The highest BCUT2D eigenvalue weighted by molar-refractivity contribution is 6.01. The van der Waals surface area contributed by atoms with Crippen molar-refractivity contribution < 1.29 is 29.0 Å². The average molecular weight is 369 g/mol. The molecule has 1 aliphatic heterocycles. The Bertz CT molecular complexity index is 876. The molecule has 7 heteroatoms. The van der Waals surface area contributed by atoms with E-state index < -0.39 is 29.8 Å². The number of hydrogen-bond acceptors (Lipinski definition) is 5. The van der Waals surface area contributed by atoms with Crippen LogP contribution in [-0.4, -0.2) is 48.6 Å². The molecule has 0 aliphatic carbocycles. The van der Waals surface area contributed by atoms with Crippen LogP contribution in [-0.2, 0) is 14.3 Å². The number of carbonyl (C=O) groups is 3. The summed E-state index contributed by atoms with van der Waals surface area (Å²) in [7, 11) is 2.75. The molecule has 2 aromatic rings. The van der Waals surface area contributed by atoms with Crippen LogP contribution in [0.1, 0.15) is 33.4 Å². The quantitative estimate of drug-likeness (QED) is 0.813. The van der Waals surface area contributed by atoms with Crippen LogP contribution in [0.2, 0.25) is 0 Å². The van der Waals surface area contributed by atoms with Gasteiger partial charge >= 0.3 is 11.9 Å². The van der Waals surface area contributed by atoms with Gasteiger partial charge in [0.15, 0.2) is 0 Å². The second kappa shape index (κ2) is 7.49. The summed E-state index contributed by atoms with van der Waals surface area (Å²) in [6.45, 7) is -0.343. The number of ether oxygens (including phenoxy) is 2. The maximum Gasteiger partial charge on any atom is 0.325 e. The molecule has 1 aliphatic rings. The van der Waals surface area contributed by atoms with E-state index in [1.807, 2.05) is 0 Å². The van der Waals surface area contributed by atoms with E-state index in [1.165, 1.54) is 19.1 Å². The van der Waals surface area contributed by atoms with Crippen molar-refractivity contribution in [1.29, 1.82) is 0 Å². The molecule has 2 atom stereocenters. The molecule has 0 bridgehead atoms. The number of esters is 1. The van der Waals surface area contributed by atoms with E-state index >= 15 is 0 Å². The molecule has 0 unspecified atom stereocenters. The molecule has 0 radical (unpaired) electrons. The average Bonchev–Trinajstić information content (AvgIpc) is 2.69. The number of amides is 1. The van der Waals surface area contributed by atoms with Gasteiger partial charge in [-0.05, 0) is 29.3 Å². The van der Waals surface area contributed by atoms with E-state index in [4.69, 9.17) is 9.47 Å². The number of hydrogen-bond donors (Lipinski definition) is 1. The van der Waals surface area contributed by atoms with Gasteiger partial charge < -0.3 is 19.5 Å². The lowest BCUT2D eigenvalue weighted by Gasteiger charge is -2.40. The number of nitrogens with zero attached hydrogens (tertiary/aromatic N) is 1. The van der Waals surface area contributed by atoms with Crippen molar-refractivity contribution in [2.24, 2.45) is 0 Å². The zero-order chi connectivity index (χ0) is 19.6. The van der Waals surface area contributed by atoms with E-state index in [-0.39, 0.29) is 12.1 Å². The van der Waals surface area contributed by atoms with Gasteiger partial charge in [-0.1, -0.05) is 30.3 Å². The van der Waals surface area contributed by atoms with Crippen molar-refractivity contribution in [3.05, 3.63) is 65.2 Å². The molecule has 0 saturated carbocycles. The smallest absolute Gasteiger partial charge is 0.325 e. The third-order valence-electron chi connectivity index (χ3n) is 4.69. The Morgan fingerprint density at radius 3 is 2.33 bits per heavy atom. The summed E-state index contributed by atoms with van der Waals surface area (Å²) in [5.74, 6) is -2.52. The number of methoxy groups -OCH3 is 2. The highest BCUT2D eigenvalue weighted by Crippen LogP contribution is 2.43. The second-order valence-corrected chi connectivity index (χ2v) is 6.13. The minimum absolute atomic E-state index is 0.276. The lowest BCUT2D eigenvalue weighted by Crippen LogP contribution is -2.47. The summed E-state index contributed by atoms with van der Waals surface area (Å²) in [5, 5.41) is 9.93. The van der Waals surface area contributed by atoms with Crippen LogP contribution in [0.3, 0.4) is 0 Å². The van der Waals surface area contributed by atoms with Gasteiger partial charge in [0, 0.05) is 5.56 Å². The molecule has 1 heterocycles. The van der Waals surface area contributed by atoms with Gasteiger partial charge in [0.2, 0.25) is 0 Å². The minimum atomic E-state index is -1.08. The SMILES string of the molecule is COC(=O)CN1C(=O)c2ccccc2[C@@H](C(=O)O)[C@H]1c1ccc(OC)cc1. The molecule has 3 rings (SSSR count). The third-order valence-corrected chi connectivity index (χ3v) is 4.69. The Kier molecular flexibility index (Phi) is 5.12. The number of fused-ring (bicyclic) bond motifs is 1. The number of rotatable bonds is 5. The predicted molar refractivity (Wildman–Crippen MR) is 95.6 cm³/mol. The van der Waals surface area contributed by atoms with Gasteiger partial charge in [0.25, 0.3) is 5.91 Å². The minimum Gasteiger partial charge on any atom is -0.497 e. The fraction of sp³-hybridized carbons (Fsp3) is 0.250. The van der Waals surface area contributed by atoms with Gasteiger partial charge in [0.1, 0.15) is 18.2 Å². The van der Waals surface area contributed by atoms with Gasteiger partial charge in [-0.3, -0.25) is 14.4 Å². The molecule has 7 nitrogen and oxygen atoms in total. The summed E-state index contributed by atoms with van der Waals surface area (Å²) in [6, 6.07) is 12.5.